The molecule has 0 heterocycles. The van der Waals surface area contributed by atoms with Crippen molar-refractivity contribution in [3.63, 3.8) is 0 Å². The Morgan fingerprint density at radius 3 is 2.33 bits per heavy atom. The Kier molecular flexibility index (Phi) is 6.53. The van der Waals surface area contributed by atoms with Gasteiger partial charge in [0, 0.05) is 5.69 Å². The number of benzene rings is 2. The van der Waals surface area contributed by atoms with E-state index in [0.29, 0.717) is 11.1 Å². The summed E-state index contributed by atoms with van der Waals surface area (Å²) in [5, 5.41) is 9.65. The molecule has 27 heavy (non-hydrogen) atoms. The third kappa shape index (κ3) is 6.31. The van der Waals surface area contributed by atoms with E-state index in [0.717, 1.165) is 6.07 Å². The smallest absolute Gasteiger partial charge is 0.313 e. The number of hydrogen-bond acceptors (Lipinski definition) is 4. The van der Waals surface area contributed by atoms with Gasteiger partial charge in [-0.2, -0.15) is 0 Å². The molecule has 0 aliphatic carbocycles. The van der Waals surface area contributed by atoms with Gasteiger partial charge in [-0.05, 0) is 36.2 Å². The zero-order valence-corrected chi connectivity index (χ0v) is 15.8. The molecule has 0 saturated heterocycles. The van der Waals surface area contributed by atoms with Crippen molar-refractivity contribution < 1.29 is 22.4 Å². The minimum atomic E-state index is -3.63. The van der Waals surface area contributed by atoms with Crippen LogP contribution in [-0.4, -0.2) is 20.2 Å². The number of hydrogen-bond donors (Lipinski definition) is 3. The molecule has 7 nitrogen and oxygen atoms in total. The molecular formula is C17H17ClFN3O4S. The molecule has 0 bridgehead atoms. The standard InChI is InChI=1S/C17H17ClFN3O4S/c1-10(12-4-2-11(3-5-12)9-27(20,25)26)21-16(23)17(24)22-13-6-7-14(18)15(19)8-13/h2-8,10H,9H2,1H3,(H,21,23)(H,22,24)(H2,20,25,26). The first-order chi connectivity index (χ1) is 12.5. The number of primary sulfonamides is 1. The van der Waals surface area contributed by atoms with Crippen LogP contribution in [0.1, 0.15) is 24.1 Å². The van der Waals surface area contributed by atoms with Gasteiger partial charge in [0.25, 0.3) is 0 Å². The molecule has 1 atom stereocenters. The summed E-state index contributed by atoms with van der Waals surface area (Å²) in [6, 6.07) is 9.49. The lowest BCUT2D eigenvalue weighted by Crippen LogP contribution is -2.36. The number of carbonyl (C=O) groups excluding carboxylic acids is 2. The molecule has 2 amide bonds. The van der Waals surface area contributed by atoms with E-state index in [1.165, 1.54) is 12.1 Å². The van der Waals surface area contributed by atoms with E-state index >= 15 is 0 Å². The summed E-state index contributed by atoms with van der Waals surface area (Å²) in [6.07, 6.45) is 0. The summed E-state index contributed by atoms with van der Waals surface area (Å²) in [4.78, 5) is 23.9. The number of nitrogens with one attached hydrogen (secondary N) is 2. The van der Waals surface area contributed by atoms with E-state index in [1.54, 1.807) is 31.2 Å². The van der Waals surface area contributed by atoms with Crippen molar-refractivity contribution in [2.75, 3.05) is 5.32 Å². The van der Waals surface area contributed by atoms with Gasteiger partial charge in [-0.1, -0.05) is 35.9 Å². The molecule has 0 aliphatic heterocycles. The van der Waals surface area contributed by atoms with Gasteiger partial charge < -0.3 is 10.6 Å². The van der Waals surface area contributed by atoms with Crippen LogP contribution in [0.25, 0.3) is 0 Å². The minimum Gasteiger partial charge on any atom is -0.341 e. The summed E-state index contributed by atoms with van der Waals surface area (Å²) in [5.74, 6) is -2.89. The summed E-state index contributed by atoms with van der Waals surface area (Å²) in [6.45, 7) is 1.65. The molecule has 4 N–H and O–H groups in total. The van der Waals surface area contributed by atoms with Crippen LogP contribution in [0.4, 0.5) is 10.1 Å². The second kappa shape index (κ2) is 8.47. The van der Waals surface area contributed by atoms with Gasteiger partial charge in [0.2, 0.25) is 10.0 Å². The molecule has 0 radical (unpaired) electrons. The monoisotopic (exact) mass is 413 g/mol. The third-order valence-corrected chi connectivity index (χ3v) is 4.62. The number of halogens is 2. The summed E-state index contributed by atoms with van der Waals surface area (Å²) in [7, 11) is -3.63. The maximum atomic E-state index is 13.4. The molecule has 1 unspecified atom stereocenters. The van der Waals surface area contributed by atoms with E-state index in [1.807, 2.05) is 0 Å². The van der Waals surface area contributed by atoms with Crippen molar-refractivity contribution in [2.45, 2.75) is 18.7 Å². The Morgan fingerprint density at radius 2 is 1.78 bits per heavy atom. The molecule has 0 aromatic heterocycles. The minimum absolute atomic E-state index is 0.0945. The van der Waals surface area contributed by atoms with Crippen molar-refractivity contribution in [2.24, 2.45) is 5.14 Å². The number of carbonyl (C=O) groups is 2. The van der Waals surface area contributed by atoms with Crippen LogP contribution in [0.2, 0.25) is 5.02 Å². The largest absolute Gasteiger partial charge is 0.341 e. The zero-order chi connectivity index (χ0) is 20.2. The molecule has 2 rings (SSSR count). The Labute approximate surface area is 160 Å². The van der Waals surface area contributed by atoms with Crippen LogP contribution in [-0.2, 0) is 25.4 Å². The second-order valence-electron chi connectivity index (χ2n) is 5.83. The Bertz CT molecular complexity index is 965. The van der Waals surface area contributed by atoms with Gasteiger partial charge in [0.1, 0.15) is 5.82 Å². The van der Waals surface area contributed by atoms with Gasteiger partial charge >= 0.3 is 11.8 Å². The van der Waals surface area contributed by atoms with E-state index in [4.69, 9.17) is 16.7 Å². The van der Waals surface area contributed by atoms with Gasteiger partial charge in [-0.3, -0.25) is 9.59 Å². The normalized spacial score (nSPS) is 12.3. The number of amides is 2. The van der Waals surface area contributed by atoms with Gasteiger partial charge in [-0.15, -0.1) is 0 Å². The molecule has 2 aromatic carbocycles. The average Bonchev–Trinajstić information content (AvgIpc) is 2.57. The number of nitrogens with two attached hydrogens (primary N) is 1. The first-order valence-corrected chi connectivity index (χ1v) is 9.80. The van der Waals surface area contributed by atoms with Crippen LogP contribution >= 0.6 is 11.6 Å². The quantitative estimate of drug-likeness (QED) is 0.650. The lowest BCUT2D eigenvalue weighted by molar-refractivity contribution is -0.136. The van der Waals surface area contributed by atoms with Crippen LogP contribution in [0.15, 0.2) is 42.5 Å². The highest BCUT2D eigenvalue weighted by atomic mass is 35.5. The highest BCUT2D eigenvalue weighted by Gasteiger charge is 2.18. The van der Waals surface area contributed by atoms with Crippen molar-refractivity contribution in [3.05, 3.63) is 64.4 Å². The Balaban J connectivity index is 1.97. The molecule has 0 spiro atoms. The first-order valence-electron chi connectivity index (χ1n) is 7.71. The van der Waals surface area contributed by atoms with Crippen LogP contribution in [0.5, 0.6) is 0 Å². The molecule has 0 aliphatic rings. The zero-order valence-electron chi connectivity index (χ0n) is 14.2. The first kappa shape index (κ1) is 20.8. The summed E-state index contributed by atoms with van der Waals surface area (Å²) in [5.41, 5.74) is 1.26. The van der Waals surface area contributed by atoms with E-state index in [2.05, 4.69) is 10.6 Å². The SMILES string of the molecule is CC(NC(=O)C(=O)Nc1ccc(Cl)c(F)c1)c1ccc(CS(N)(=O)=O)cc1. The van der Waals surface area contributed by atoms with Gasteiger partial charge in [-0.25, -0.2) is 17.9 Å². The molecule has 0 fully saturated rings. The predicted molar refractivity (Wildman–Crippen MR) is 99.9 cm³/mol. The Hall–Kier alpha value is -2.49. The average molecular weight is 414 g/mol. The fourth-order valence-electron chi connectivity index (χ4n) is 2.24. The third-order valence-electron chi connectivity index (χ3n) is 3.58. The van der Waals surface area contributed by atoms with Crippen molar-refractivity contribution in [1.29, 1.82) is 0 Å². The fraction of sp³-hybridized carbons (Fsp3) is 0.176. The maximum absolute atomic E-state index is 13.4. The lowest BCUT2D eigenvalue weighted by Gasteiger charge is -2.14. The molecule has 0 saturated carbocycles. The summed E-state index contributed by atoms with van der Waals surface area (Å²) < 4.78 is 35.5. The second-order valence-corrected chi connectivity index (χ2v) is 7.85. The molecular weight excluding hydrogens is 397 g/mol. The Morgan fingerprint density at radius 1 is 1.15 bits per heavy atom. The predicted octanol–water partition coefficient (Wildman–Crippen LogP) is 2.08. The van der Waals surface area contributed by atoms with Gasteiger partial charge in [0.15, 0.2) is 0 Å². The highest BCUT2D eigenvalue weighted by Crippen LogP contribution is 2.19. The highest BCUT2D eigenvalue weighted by molar-refractivity contribution is 7.88. The number of rotatable bonds is 5. The molecule has 144 valence electrons. The maximum Gasteiger partial charge on any atom is 0.313 e. The topological polar surface area (TPSA) is 118 Å². The van der Waals surface area contributed by atoms with Crippen LogP contribution in [0.3, 0.4) is 0 Å². The molecule has 2 aromatic rings. The summed E-state index contributed by atoms with van der Waals surface area (Å²) >= 11 is 5.56. The van der Waals surface area contributed by atoms with Crippen molar-refractivity contribution in [3.8, 4) is 0 Å². The van der Waals surface area contributed by atoms with Crippen molar-refractivity contribution >= 4 is 39.1 Å². The van der Waals surface area contributed by atoms with Crippen LogP contribution in [0, 0.1) is 5.82 Å². The van der Waals surface area contributed by atoms with Gasteiger partial charge in [0.05, 0.1) is 16.8 Å². The van der Waals surface area contributed by atoms with E-state index < -0.39 is 33.7 Å². The number of sulfonamides is 1. The molecule has 10 heteroatoms. The van der Waals surface area contributed by atoms with Crippen molar-refractivity contribution in [1.82, 2.24) is 5.32 Å². The fourth-order valence-corrected chi connectivity index (χ4v) is 3.02. The lowest BCUT2D eigenvalue weighted by atomic mass is 10.1. The van der Waals surface area contributed by atoms with E-state index in [9.17, 15) is 22.4 Å². The van der Waals surface area contributed by atoms with Crippen LogP contribution < -0.4 is 15.8 Å². The number of anilines is 1. The van der Waals surface area contributed by atoms with E-state index in [-0.39, 0.29) is 16.5 Å².